The Balaban J connectivity index is 4.19. The molecule has 0 N–H and O–H groups in total. The molecule has 2 heteroatoms. The lowest BCUT2D eigenvalue weighted by atomic mass is 9.85. The van der Waals surface area contributed by atoms with Crippen molar-refractivity contribution in [3.63, 3.8) is 0 Å². The number of rotatable bonds is 6. The molecule has 0 aliphatic heterocycles. The number of hydrogen-bond donors (Lipinski definition) is 0. The first kappa shape index (κ1) is 12.3. The van der Waals surface area contributed by atoms with Crippen LogP contribution in [0.2, 0.25) is 0 Å². The van der Waals surface area contributed by atoms with Crippen molar-refractivity contribution in [3.05, 3.63) is 0 Å². The van der Waals surface area contributed by atoms with Crippen molar-refractivity contribution in [2.75, 3.05) is 0 Å². The first-order valence-corrected chi connectivity index (χ1v) is 4.95. The fourth-order valence-corrected chi connectivity index (χ4v) is 1.43. The zero-order chi connectivity index (χ0) is 10.4. The summed E-state index contributed by atoms with van der Waals surface area (Å²) in [6.45, 7) is 8.03. The molecule has 0 saturated heterocycles. The third-order valence-electron chi connectivity index (χ3n) is 2.18. The van der Waals surface area contributed by atoms with E-state index in [0.717, 1.165) is 6.29 Å². The maximum atomic E-state index is 11.6. The Morgan fingerprint density at radius 3 is 2.08 bits per heavy atom. The summed E-state index contributed by atoms with van der Waals surface area (Å²) in [5.74, 6) is 0.828. The van der Waals surface area contributed by atoms with Crippen LogP contribution in [0, 0.1) is 17.8 Å². The van der Waals surface area contributed by atoms with Crippen LogP contribution in [0.5, 0.6) is 0 Å². The van der Waals surface area contributed by atoms with Gasteiger partial charge < -0.3 is 4.79 Å². The van der Waals surface area contributed by atoms with Gasteiger partial charge in [-0.25, -0.2) is 0 Å². The van der Waals surface area contributed by atoms with E-state index in [0.29, 0.717) is 18.8 Å². The molecule has 1 unspecified atom stereocenters. The van der Waals surface area contributed by atoms with Gasteiger partial charge in [0.25, 0.3) is 0 Å². The first-order valence-electron chi connectivity index (χ1n) is 4.95. The Hall–Kier alpha value is -0.660. The van der Waals surface area contributed by atoms with Gasteiger partial charge >= 0.3 is 0 Å². The highest BCUT2D eigenvalue weighted by molar-refractivity contribution is 5.83. The standard InChI is InChI=1S/C11H20O2/c1-8(2)7-11(13)10(5-6-12)9(3)4/h6,8-10H,5,7H2,1-4H3. The molecule has 76 valence electrons. The van der Waals surface area contributed by atoms with E-state index in [9.17, 15) is 9.59 Å². The molecule has 0 aromatic rings. The van der Waals surface area contributed by atoms with Crippen LogP contribution < -0.4 is 0 Å². The van der Waals surface area contributed by atoms with Crippen molar-refractivity contribution in [3.8, 4) is 0 Å². The van der Waals surface area contributed by atoms with E-state index >= 15 is 0 Å². The summed E-state index contributed by atoms with van der Waals surface area (Å²) in [5.41, 5.74) is 0. The Labute approximate surface area is 80.7 Å². The third kappa shape index (κ3) is 4.81. The monoisotopic (exact) mass is 184 g/mol. The molecule has 0 fully saturated rings. The smallest absolute Gasteiger partial charge is 0.136 e. The topological polar surface area (TPSA) is 34.1 Å². The Kier molecular flexibility index (Phi) is 5.60. The van der Waals surface area contributed by atoms with E-state index in [4.69, 9.17) is 0 Å². The minimum absolute atomic E-state index is 0.0695. The lowest BCUT2D eigenvalue weighted by Gasteiger charge is -2.17. The molecular formula is C11H20O2. The normalized spacial score (nSPS) is 13.4. The van der Waals surface area contributed by atoms with E-state index < -0.39 is 0 Å². The molecule has 0 saturated carbocycles. The van der Waals surface area contributed by atoms with Crippen molar-refractivity contribution >= 4 is 12.1 Å². The summed E-state index contributed by atoms with van der Waals surface area (Å²) in [5, 5.41) is 0. The molecule has 0 amide bonds. The maximum absolute atomic E-state index is 11.6. The van der Waals surface area contributed by atoms with E-state index in [1.807, 2.05) is 27.7 Å². The minimum Gasteiger partial charge on any atom is -0.303 e. The Morgan fingerprint density at radius 2 is 1.77 bits per heavy atom. The highest BCUT2D eigenvalue weighted by Crippen LogP contribution is 2.18. The van der Waals surface area contributed by atoms with Crippen molar-refractivity contribution < 1.29 is 9.59 Å². The molecular weight excluding hydrogens is 164 g/mol. The minimum atomic E-state index is -0.0695. The fourth-order valence-electron chi connectivity index (χ4n) is 1.43. The predicted molar refractivity (Wildman–Crippen MR) is 53.5 cm³/mol. The molecule has 0 radical (unpaired) electrons. The summed E-state index contributed by atoms with van der Waals surface area (Å²) in [6.07, 6.45) is 1.82. The molecule has 13 heavy (non-hydrogen) atoms. The zero-order valence-corrected chi connectivity index (χ0v) is 9.04. The Morgan fingerprint density at radius 1 is 1.23 bits per heavy atom. The van der Waals surface area contributed by atoms with Crippen LogP contribution in [0.4, 0.5) is 0 Å². The summed E-state index contributed by atoms with van der Waals surface area (Å²) < 4.78 is 0. The van der Waals surface area contributed by atoms with Crippen LogP contribution in [-0.2, 0) is 9.59 Å². The second-order valence-electron chi connectivity index (χ2n) is 4.32. The van der Waals surface area contributed by atoms with Crippen LogP contribution in [0.15, 0.2) is 0 Å². The molecule has 2 nitrogen and oxygen atoms in total. The highest BCUT2D eigenvalue weighted by atomic mass is 16.1. The van der Waals surface area contributed by atoms with Gasteiger partial charge in [0.15, 0.2) is 0 Å². The van der Waals surface area contributed by atoms with Gasteiger partial charge in [-0.2, -0.15) is 0 Å². The molecule has 0 aliphatic rings. The van der Waals surface area contributed by atoms with E-state index in [2.05, 4.69) is 0 Å². The number of Topliss-reactive ketones (excluding diaryl/α,β-unsaturated/α-hetero) is 1. The Bertz CT molecular complexity index is 171. The molecule has 0 bridgehead atoms. The molecule has 0 aromatic heterocycles. The summed E-state index contributed by atoms with van der Waals surface area (Å²) in [6, 6.07) is 0. The van der Waals surface area contributed by atoms with E-state index in [1.165, 1.54) is 0 Å². The van der Waals surface area contributed by atoms with Crippen LogP contribution >= 0.6 is 0 Å². The highest BCUT2D eigenvalue weighted by Gasteiger charge is 2.21. The molecule has 1 atom stereocenters. The van der Waals surface area contributed by atoms with Crippen molar-refractivity contribution in [2.24, 2.45) is 17.8 Å². The van der Waals surface area contributed by atoms with E-state index in [-0.39, 0.29) is 17.6 Å². The maximum Gasteiger partial charge on any atom is 0.136 e. The quantitative estimate of drug-likeness (QED) is 0.594. The summed E-state index contributed by atoms with van der Waals surface area (Å²) >= 11 is 0. The molecule has 0 aliphatic carbocycles. The van der Waals surface area contributed by atoms with Crippen LogP contribution in [-0.4, -0.2) is 12.1 Å². The molecule has 0 rings (SSSR count). The first-order chi connectivity index (χ1) is 5.99. The third-order valence-corrected chi connectivity index (χ3v) is 2.18. The lowest BCUT2D eigenvalue weighted by molar-refractivity contribution is -0.127. The number of hydrogen-bond acceptors (Lipinski definition) is 2. The van der Waals surface area contributed by atoms with Gasteiger partial charge in [-0.15, -0.1) is 0 Å². The average molecular weight is 184 g/mol. The number of carbonyl (C=O) groups excluding carboxylic acids is 2. The van der Waals surface area contributed by atoms with Gasteiger partial charge in [0.2, 0.25) is 0 Å². The van der Waals surface area contributed by atoms with Crippen molar-refractivity contribution in [2.45, 2.75) is 40.5 Å². The molecule has 0 spiro atoms. The van der Waals surface area contributed by atoms with Crippen LogP contribution in [0.25, 0.3) is 0 Å². The SMILES string of the molecule is CC(C)CC(=O)C(CC=O)C(C)C. The fraction of sp³-hybridized carbons (Fsp3) is 0.818. The second kappa shape index (κ2) is 5.90. The van der Waals surface area contributed by atoms with E-state index in [1.54, 1.807) is 0 Å². The second-order valence-corrected chi connectivity index (χ2v) is 4.32. The average Bonchev–Trinajstić information content (AvgIpc) is 1.97. The van der Waals surface area contributed by atoms with Gasteiger partial charge in [-0.3, -0.25) is 4.79 Å². The summed E-state index contributed by atoms with van der Waals surface area (Å²) in [7, 11) is 0. The predicted octanol–water partition coefficient (Wildman–Crippen LogP) is 2.46. The van der Waals surface area contributed by atoms with Crippen molar-refractivity contribution in [1.29, 1.82) is 0 Å². The van der Waals surface area contributed by atoms with Gasteiger partial charge in [-0.05, 0) is 11.8 Å². The van der Waals surface area contributed by atoms with Gasteiger partial charge in [0.05, 0.1) is 0 Å². The molecule has 0 aromatic carbocycles. The number of aldehydes is 1. The van der Waals surface area contributed by atoms with Gasteiger partial charge in [-0.1, -0.05) is 27.7 Å². The zero-order valence-electron chi connectivity index (χ0n) is 9.04. The number of carbonyl (C=O) groups is 2. The van der Waals surface area contributed by atoms with Gasteiger partial charge in [0.1, 0.15) is 12.1 Å². The largest absolute Gasteiger partial charge is 0.303 e. The number of ketones is 1. The molecule has 0 heterocycles. The lowest BCUT2D eigenvalue weighted by Crippen LogP contribution is -2.22. The van der Waals surface area contributed by atoms with Crippen molar-refractivity contribution in [1.82, 2.24) is 0 Å². The summed E-state index contributed by atoms with van der Waals surface area (Å²) in [4.78, 5) is 22.0. The van der Waals surface area contributed by atoms with Gasteiger partial charge in [0, 0.05) is 18.8 Å². The van der Waals surface area contributed by atoms with Crippen LogP contribution in [0.3, 0.4) is 0 Å². The van der Waals surface area contributed by atoms with Crippen LogP contribution in [0.1, 0.15) is 40.5 Å².